The zero-order valence-electron chi connectivity index (χ0n) is 18.8. The summed E-state index contributed by atoms with van der Waals surface area (Å²) in [4.78, 5) is 15.2. The van der Waals surface area contributed by atoms with Crippen LogP contribution in [0, 0.1) is 13.8 Å². The van der Waals surface area contributed by atoms with Crippen LogP contribution >= 0.6 is 0 Å². The average molecular weight is 495 g/mol. The SMILES string of the molecule is Cc1ccc2cc(CN(CC3CCCO3)S(=O)(=O)c3cccc(C(F)(F)F)c3)c(=O)[nH]c2c1C. The Labute approximate surface area is 195 Å². The molecule has 0 saturated carbocycles. The molecule has 3 aromatic rings. The summed E-state index contributed by atoms with van der Waals surface area (Å²) in [5.74, 6) is 0. The van der Waals surface area contributed by atoms with Crippen molar-refractivity contribution in [2.45, 2.75) is 50.4 Å². The van der Waals surface area contributed by atoms with E-state index in [-0.39, 0.29) is 18.7 Å². The molecule has 1 atom stereocenters. The van der Waals surface area contributed by atoms with Crippen LogP contribution in [0.4, 0.5) is 13.2 Å². The number of hydrogen-bond acceptors (Lipinski definition) is 4. The van der Waals surface area contributed by atoms with Crippen molar-refractivity contribution in [3.63, 3.8) is 0 Å². The number of nitrogens with zero attached hydrogens (tertiary/aromatic N) is 1. The average Bonchev–Trinajstić information content (AvgIpc) is 3.30. The van der Waals surface area contributed by atoms with Crippen LogP contribution in [0.5, 0.6) is 0 Å². The highest BCUT2D eigenvalue weighted by Gasteiger charge is 2.34. The first-order chi connectivity index (χ1) is 16.0. The van der Waals surface area contributed by atoms with Gasteiger partial charge in [-0.05, 0) is 67.5 Å². The highest BCUT2D eigenvalue weighted by molar-refractivity contribution is 7.89. The van der Waals surface area contributed by atoms with Crippen LogP contribution < -0.4 is 5.56 Å². The van der Waals surface area contributed by atoms with Crippen LogP contribution in [0.3, 0.4) is 0 Å². The van der Waals surface area contributed by atoms with E-state index >= 15 is 0 Å². The van der Waals surface area contributed by atoms with Crippen molar-refractivity contribution in [3.8, 4) is 0 Å². The maximum Gasteiger partial charge on any atom is 0.416 e. The minimum atomic E-state index is -4.68. The number of rotatable bonds is 6. The van der Waals surface area contributed by atoms with Crippen molar-refractivity contribution < 1.29 is 26.3 Å². The zero-order valence-corrected chi connectivity index (χ0v) is 19.6. The number of aromatic nitrogens is 1. The molecule has 10 heteroatoms. The predicted octanol–water partition coefficient (Wildman–Crippen LogP) is 4.53. The molecule has 182 valence electrons. The maximum absolute atomic E-state index is 13.5. The van der Waals surface area contributed by atoms with Crippen LogP contribution in [-0.2, 0) is 27.5 Å². The van der Waals surface area contributed by atoms with E-state index in [9.17, 15) is 26.4 Å². The van der Waals surface area contributed by atoms with E-state index in [0.29, 0.717) is 24.6 Å². The molecule has 0 aliphatic carbocycles. The summed E-state index contributed by atoms with van der Waals surface area (Å²) in [6.45, 7) is 3.93. The molecular formula is C24H25F3N2O4S. The van der Waals surface area contributed by atoms with Crippen molar-refractivity contribution in [3.05, 3.63) is 75.1 Å². The monoisotopic (exact) mass is 494 g/mol. The molecule has 1 aromatic heterocycles. The number of aryl methyl sites for hydroxylation is 2. The summed E-state index contributed by atoms with van der Waals surface area (Å²) in [6, 6.07) is 9.00. The topological polar surface area (TPSA) is 79.5 Å². The summed E-state index contributed by atoms with van der Waals surface area (Å²) >= 11 is 0. The standard InChI is InChI=1S/C24H25F3N2O4S/c1-15-8-9-17-11-18(23(30)28-22(17)16(15)2)13-29(14-20-6-4-10-33-20)34(31,32)21-7-3-5-19(12-21)24(25,26)27/h3,5,7-9,11-12,20H,4,6,10,13-14H2,1-2H3,(H,28,30). The molecule has 1 N–H and O–H groups in total. The molecule has 6 nitrogen and oxygen atoms in total. The molecule has 1 saturated heterocycles. The van der Waals surface area contributed by atoms with Crippen LogP contribution in [0.15, 0.2) is 52.2 Å². The third-order valence-electron chi connectivity index (χ3n) is 6.21. The highest BCUT2D eigenvalue weighted by atomic mass is 32.2. The van der Waals surface area contributed by atoms with Gasteiger partial charge in [0.15, 0.2) is 0 Å². The molecule has 4 rings (SSSR count). The summed E-state index contributed by atoms with van der Waals surface area (Å²) in [7, 11) is -4.35. The molecule has 34 heavy (non-hydrogen) atoms. The van der Waals surface area contributed by atoms with E-state index in [2.05, 4.69) is 4.98 Å². The fourth-order valence-electron chi connectivity index (χ4n) is 4.12. The molecule has 2 heterocycles. The Morgan fingerprint density at radius 3 is 2.59 bits per heavy atom. The Morgan fingerprint density at radius 1 is 1.15 bits per heavy atom. The lowest BCUT2D eigenvalue weighted by Crippen LogP contribution is -2.38. The minimum Gasteiger partial charge on any atom is -0.377 e. The third-order valence-corrected chi connectivity index (χ3v) is 8.01. The van der Waals surface area contributed by atoms with Crippen molar-refractivity contribution in [1.29, 1.82) is 0 Å². The van der Waals surface area contributed by atoms with Crippen LogP contribution in [-0.4, -0.2) is 37.0 Å². The number of pyridine rings is 1. The van der Waals surface area contributed by atoms with Gasteiger partial charge >= 0.3 is 6.18 Å². The molecule has 0 amide bonds. The number of sulfonamides is 1. The number of halogens is 3. The van der Waals surface area contributed by atoms with Gasteiger partial charge in [0.25, 0.3) is 5.56 Å². The second-order valence-corrected chi connectivity index (χ2v) is 10.5. The number of nitrogens with one attached hydrogen (secondary N) is 1. The number of H-pyrrole nitrogens is 1. The lowest BCUT2D eigenvalue weighted by Gasteiger charge is -2.25. The van der Waals surface area contributed by atoms with Crippen molar-refractivity contribution >= 4 is 20.9 Å². The van der Waals surface area contributed by atoms with E-state index in [1.165, 1.54) is 0 Å². The number of alkyl halides is 3. The normalized spacial score (nSPS) is 17.1. The quantitative estimate of drug-likeness (QED) is 0.546. The first-order valence-electron chi connectivity index (χ1n) is 10.9. The van der Waals surface area contributed by atoms with E-state index in [4.69, 9.17) is 4.74 Å². The van der Waals surface area contributed by atoms with Gasteiger partial charge in [-0.1, -0.05) is 18.2 Å². The molecule has 0 bridgehead atoms. The molecule has 1 aliphatic rings. The first kappa shape index (κ1) is 24.4. The molecule has 0 radical (unpaired) electrons. The second-order valence-electron chi connectivity index (χ2n) is 8.55. The van der Waals surface area contributed by atoms with Gasteiger partial charge in [0.2, 0.25) is 10.0 Å². The molecule has 2 aromatic carbocycles. The van der Waals surface area contributed by atoms with Crippen molar-refractivity contribution in [2.75, 3.05) is 13.2 Å². The largest absolute Gasteiger partial charge is 0.416 e. The molecule has 1 aliphatic heterocycles. The van der Waals surface area contributed by atoms with Gasteiger partial charge in [0.05, 0.1) is 22.1 Å². The molecular weight excluding hydrogens is 469 g/mol. The lowest BCUT2D eigenvalue weighted by atomic mass is 10.0. The van der Waals surface area contributed by atoms with Crippen molar-refractivity contribution in [2.24, 2.45) is 0 Å². The molecule has 1 fully saturated rings. The van der Waals surface area contributed by atoms with Crippen molar-refractivity contribution in [1.82, 2.24) is 9.29 Å². The van der Waals surface area contributed by atoms with E-state index in [0.717, 1.165) is 45.4 Å². The zero-order chi connectivity index (χ0) is 24.7. The summed E-state index contributed by atoms with van der Waals surface area (Å²) in [6.07, 6.45) is -3.69. The molecule has 0 spiro atoms. The molecule has 1 unspecified atom stereocenters. The first-order valence-corrected chi connectivity index (χ1v) is 12.3. The van der Waals surface area contributed by atoms with Crippen LogP contribution in [0.2, 0.25) is 0 Å². The van der Waals surface area contributed by atoms with Gasteiger partial charge < -0.3 is 9.72 Å². The van der Waals surface area contributed by atoms with Gasteiger partial charge in [0.1, 0.15) is 0 Å². The smallest absolute Gasteiger partial charge is 0.377 e. The van der Waals surface area contributed by atoms with Gasteiger partial charge in [-0.2, -0.15) is 17.5 Å². The highest BCUT2D eigenvalue weighted by Crippen LogP contribution is 2.32. The predicted molar refractivity (Wildman–Crippen MR) is 122 cm³/mol. The van der Waals surface area contributed by atoms with Gasteiger partial charge in [-0.15, -0.1) is 0 Å². The third kappa shape index (κ3) is 4.89. The Morgan fingerprint density at radius 2 is 1.91 bits per heavy atom. The van der Waals surface area contributed by atoms with Gasteiger partial charge in [-0.25, -0.2) is 8.42 Å². The Balaban J connectivity index is 1.76. The summed E-state index contributed by atoms with van der Waals surface area (Å²) in [5, 5.41) is 0.742. The Kier molecular flexibility index (Phi) is 6.58. The summed E-state index contributed by atoms with van der Waals surface area (Å²) < 4.78 is 73.2. The number of fused-ring (bicyclic) bond motifs is 1. The number of aromatic amines is 1. The van der Waals surface area contributed by atoms with E-state index in [1.807, 2.05) is 26.0 Å². The number of ether oxygens (including phenoxy) is 1. The second kappa shape index (κ2) is 9.16. The Bertz CT molecular complexity index is 1380. The van der Waals surface area contributed by atoms with Crippen LogP contribution in [0.1, 0.15) is 35.1 Å². The van der Waals surface area contributed by atoms with Gasteiger partial charge in [-0.3, -0.25) is 4.79 Å². The van der Waals surface area contributed by atoms with E-state index < -0.39 is 38.3 Å². The number of benzene rings is 2. The maximum atomic E-state index is 13.5. The minimum absolute atomic E-state index is 0.0665. The fraction of sp³-hybridized carbons (Fsp3) is 0.375. The summed E-state index contributed by atoms with van der Waals surface area (Å²) in [5.41, 5.74) is 1.28. The number of hydrogen-bond donors (Lipinski definition) is 1. The lowest BCUT2D eigenvalue weighted by molar-refractivity contribution is -0.137. The fourth-order valence-corrected chi connectivity index (χ4v) is 5.62. The van der Waals surface area contributed by atoms with E-state index in [1.54, 1.807) is 6.07 Å². The van der Waals surface area contributed by atoms with Crippen LogP contribution in [0.25, 0.3) is 10.9 Å². The van der Waals surface area contributed by atoms with Gasteiger partial charge in [0, 0.05) is 25.3 Å². The Hall–Kier alpha value is -2.69.